The van der Waals surface area contributed by atoms with Crippen LogP contribution in [0, 0.1) is 0 Å². The van der Waals surface area contributed by atoms with Crippen LogP contribution in [0.3, 0.4) is 0 Å². The Bertz CT molecular complexity index is 812. The second-order valence-electron chi connectivity index (χ2n) is 5.65. The lowest BCUT2D eigenvalue weighted by Gasteiger charge is -2.04. The first kappa shape index (κ1) is 16.2. The molecule has 0 saturated heterocycles. The highest BCUT2D eigenvalue weighted by Crippen LogP contribution is 2.20. The second kappa shape index (κ2) is 7.75. The Labute approximate surface area is 141 Å². The Kier molecular flexibility index (Phi) is 5.23. The van der Waals surface area contributed by atoms with E-state index in [4.69, 9.17) is 4.74 Å². The molecular weight excluding hydrogens is 302 g/mol. The van der Waals surface area contributed by atoms with Gasteiger partial charge in [-0.1, -0.05) is 30.3 Å². The fourth-order valence-electron chi connectivity index (χ4n) is 2.73. The second-order valence-corrected chi connectivity index (χ2v) is 5.65. The number of hydrogen-bond donors (Lipinski definition) is 1. The van der Waals surface area contributed by atoms with E-state index in [1.165, 1.54) is 0 Å². The third-order valence-corrected chi connectivity index (χ3v) is 3.94. The van der Waals surface area contributed by atoms with E-state index in [1.54, 1.807) is 13.3 Å². The van der Waals surface area contributed by atoms with Gasteiger partial charge in [-0.2, -0.15) is 0 Å². The van der Waals surface area contributed by atoms with Crippen LogP contribution in [0.2, 0.25) is 0 Å². The number of amides is 1. The van der Waals surface area contributed by atoms with Crippen molar-refractivity contribution < 1.29 is 9.53 Å². The summed E-state index contributed by atoms with van der Waals surface area (Å²) in [5.41, 5.74) is 2.97. The van der Waals surface area contributed by atoms with E-state index in [9.17, 15) is 4.79 Å². The van der Waals surface area contributed by atoms with Crippen molar-refractivity contribution in [3.05, 3.63) is 66.0 Å². The summed E-state index contributed by atoms with van der Waals surface area (Å²) < 4.78 is 7.19. The van der Waals surface area contributed by atoms with Crippen LogP contribution in [0.25, 0.3) is 11.0 Å². The molecule has 3 aromatic rings. The molecule has 0 spiro atoms. The average Bonchev–Trinajstić information content (AvgIpc) is 2.97. The largest absolute Gasteiger partial charge is 0.383 e. The molecule has 1 N–H and O–H groups in total. The Balaban J connectivity index is 1.71. The topological polar surface area (TPSA) is 56.1 Å². The van der Waals surface area contributed by atoms with Crippen LogP contribution < -0.4 is 5.32 Å². The molecule has 3 rings (SSSR count). The van der Waals surface area contributed by atoms with Gasteiger partial charge in [-0.3, -0.25) is 4.79 Å². The fourth-order valence-corrected chi connectivity index (χ4v) is 2.73. The van der Waals surface area contributed by atoms with Gasteiger partial charge in [0.2, 0.25) is 5.91 Å². The number of nitrogens with zero attached hydrogens (tertiary/aromatic N) is 2. The molecule has 0 bridgehead atoms. The minimum Gasteiger partial charge on any atom is -0.383 e. The number of aromatic nitrogens is 2. The summed E-state index contributed by atoms with van der Waals surface area (Å²) in [5.74, 6) is 0.00787. The molecular formula is C19H21N3O2. The van der Waals surface area contributed by atoms with Crippen molar-refractivity contribution >= 4 is 16.9 Å². The van der Waals surface area contributed by atoms with E-state index in [1.807, 2.05) is 53.2 Å². The molecule has 0 aliphatic rings. The maximum absolute atomic E-state index is 12.3. The highest BCUT2D eigenvalue weighted by Gasteiger charge is 2.12. The Morgan fingerprint density at radius 3 is 2.83 bits per heavy atom. The number of pyridine rings is 1. The van der Waals surface area contributed by atoms with E-state index in [0.29, 0.717) is 19.6 Å². The lowest BCUT2D eigenvalue weighted by Crippen LogP contribution is -2.24. The van der Waals surface area contributed by atoms with Crippen molar-refractivity contribution in [1.82, 2.24) is 14.9 Å². The number of fused-ring (bicyclic) bond motifs is 1. The summed E-state index contributed by atoms with van der Waals surface area (Å²) >= 11 is 0. The van der Waals surface area contributed by atoms with Crippen molar-refractivity contribution in [2.75, 3.05) is 13.7 Å². The molecule has 24 heavy (non-hydrogen) atoms. The number of ether oxygens (including phenoxy) is 1. The average molecular weight is 323 g/mol. The first-order valence-corrected chi connectivity index (χ1v) is 8.00. The lowest BCUT2D eigenvalue weighted by molar-refractivity contribution is -0.120. The molecule has 1 amide bonds. The SMILES string of the molecule is COCCn1cc(CC(=O)NCc2ccccc2)c2cccnc21. The maximum Gasteiger partial charge on any atom is 0.224 e. The van der Waals surface area contributed by atoms with Gasteiger partial charge in [0, 0.05) is 38.0 Å². The predicted molar refractivity (Wildman–Crippen MR) is 93.6 cm³/mol. The number of methoxy groups -OCH3 is 1. The smallest absolute Gasteiger partial charge is 0.224 e. The molecule has 2 aromatic heterocycles. The van der Waals surface area contributed by atoms with Gasteiger partial charge in [0.25, 0.3) is 0 Å². The Morgan fingerprint density at radius 1 is 1.21 bits per heavy atom. The Morgan fingerprint density at radius 2 is 2.04 bits per heavy atom. The molecule has 0 aliphatic heterocycles. The first-order valence-electron chi connectivity index (χ1n) is 8.00. The molecule has 0 radical (unpaired) electrons. The van der Waals surface area contributed by atoms with Gasteiger partial charge in [0.05, 0.1) is 13.0 Å². The van der Waals surface area contributed by atoms with Crippen molar-refractivity contribution in [3.63, 3.8) is 0 Å². The Hall–Kier alpha value is -2.66. The monoisotopic (exact) mass is 323 g/mol. The van der Waals surface area contributed by atoms with Crippen LogP contribution in [0.4, 0.5) is 0 Å². The highest BCUT2D eigenvalue weighted by atomic mass is 16.5. The number of benzene rings is 1. The zero-order chi connectivity index (χ0) is 16.8. The lowest BCUT2D eigenvalue weighted by atomic mass is 10.1. The van der Waals surface area contributed by atoms with Gasteiger partial charge in [-0.25, -0.2) is 4.98 Å². The fraction of sp³-hybridized carbons (Fsp3) is 0.263. The summed E-state index contributed by atoms with van der Waals surface area (Å²) in [6.45, 7) is 1.87. The number of nitrogens with one attached hydrogen (secondary N) is 1. The quantitative estimate of drug-likeness (QED) is 0.727. The molecule has 0 atom stereocenters. The predicted octanol–water partition coefficient (Wildman–Crippen LogP) is 2.54. The van der Waals surface area contributed by atoms with Crippen LogP contribution in [0.1, 0.15) is 11.1 Å². The van der Waals surface area contributed by atoms with Crippen LogP contribution in [-0.4, -0.2) is 29.2 Å². The van der Waals surface area contributed by atoms with Crippen LogP contribution in [0.5, 0.6) is 0 Å². The number of carbonyl (C=O) groups is 1. The molecule has 2 heterocycles. The van der Waals surface area contributed by atoms with Crippen LogP contribution >= 0.6 is 0 Å². The van der Waals surface area contributed by atoms with Crippen LogP contribution in [-0.2, 0) is 29.0 Å². The van der Waals surface area contributed by atoms with Crippen molar-refractivity contribution in [1.29, 1.82) is 0 Å². The minimum absolute atomic E-state index is 0.00787. The third-order valence-electron chi connectivity index (χ3n) is 3.94. The maximum atomic E-state index is 12.3. The minimum atomic E-state index is 0.00787. The molecule has 5 nitrogen and oxygen atoms in total. The summed E-state index contributed by atoms with van der Waals surface area (Å²) in [7, 11) is 1.68. The number of carbonyl (C=O) groups excluding carboxylic acids is 1. The van der Waals surface area contributed by atoms with Gasteiger partial charge in [0.1, 0.15) is 5.65 Å². The number of rotatable bonds is 7. The van der Waals surface area contributed by atoms with Crippen molar-refractivity contribution in [2.24, 2.45) is 0 Å². The molecule has 0 saturated carbocycles. The molecule has 0 fully saturated rings. The number of hydrogen-bond acceptors (Lipinski definition) is 3. The summed E-state index contributed by atoms with van der Waals surface area (Å²) in [6, 6.07) is 13.8. The van der Waals surface area contributed by atoms with Crippen molar-refractivity contribution in [2.45, 2.75) is 19.5 Å². The molecule has 0 unspecified atom stereocenters. The zero-order valence-corrected chi connectivity index (χ0v) is 13.7. The summed E-state index contributed by atoms with van der Waals surface area (Å²) in [5, 5.41) is 3.99. The van der Waals surface area contributed by atoms with E-state index in [-0.39, 0.29) is 5.91 Å². The van der Waals surface area contributed by atoms with Gasteiger partial charge in [-0.15, -0.1) is 0 Å². The zero-order valence-electron chi connectivity index (χ0n) is 13.7. The van der Waals surface area contributed by atoms with Gasteiger partial charge in [0.15, 0.2) is 0 Å². The molecule has 5 heteroatoms. The first-order chi connectivity index (χ1) is 11.8. The standard InChI is InChI=1S/C19H21N3O2/c1-24-11-10-22-14-16(17-8-5-9-20-19(17)22)12-18(23)21-13-15-6-3-2-4-7-15/h2-9,14H,10-13H2,1H3,(H,21,23). The van der Waals surface area contributed by atoms with E-state index in [0.717, 1.165) is 28.7 Å². The summed E-state index contributed by atoms with van der Waals surface area (Å²) in [4.78, 5) is 16.7. The van der Waals surface area contributed by atoms with E-state index >= 15 is 0 Å². The van der Waals surface area contributed by atoms with Crippen LogP contribution in [0.15, 0.2) is 54.9 Å². The highest BCUT2D eigenvalue weighted by molar-refractivity contribution is 5.87. The van der Waals surface area contributed by atoms with Gasteiger partial charge >= 0.3 is 0 Å². The molecule has 1 aromatic carbocycles. The molecule has 124 valence electrons. The summed E-state index contributed by atoms with van der Waals surface area (Å²) in [6.07, 6.45) is 4.11. The van der Waals surface area contributed by atoms with Gasteiger partial charge in [-0.05, 0) is 23.3 Å². The van der Waals surface area contributed by atoms with E-state index in [2.05, 4.69) is 10.3 Å². The van der Waals surface area contributed by atoms with E-state index < -0.39 is 0 Å². The molecule has 0 aliphatic carbocycles. The van der Waals surface area contributed by atoms with Crippen molar-refractivity contribution in [3.8, 4) is 0 Å². The normalized spacial score (nSPS) is 10.9. The third kappa shape index (κ3) is 3.81. The van der Waals surface area contributed by atoms with Gasteiger partial charge < -0.3 is 14.6 Å².